The van der Waals surface area contributed by atoms with E-state index in [-0.39, 0.29) is 5.91 Å². The molecular weight excluding hydrogens is 309 g/mol. The van der Waals surface area contributed by atoms with Crippen LogP contribution in [0.5, 0.6) is 0 Å². The molecule has 5 heteroatoms. The summed E-state index contributed by atoms with van der Waals surface area (Å²) < 4.78 is 1.03. The van der Waals surface area contributed by atoms with E-state index >= 15 is 0 Å². The number of amides is 1. The van der Waals surface area contributed by atoms with Crippen LogP contribution in [-0.2, 0) is 0 Å². The molecule has 0 saturated heterocycles. The number of carbonyl (C=O) groups excluding carboxylic acids is 1. The SMILES string of the molecule is CN(C)CCNC(=O)c1ccc([131I])cn1. The molecule has 0 radical (unpaired) electrons. The molecule has 0 aliphatic carbocycles. The lowest BCUT2D eigenvalue weighted by atomic mass is 10.3. The second-order valence-corrected chi connectivity index (χ2v) is 4.67. The number of nitrogens with one attached hydrogen (secondary N) is 1. The van der Waals surface area contributed by atoms with Crippen molar-refractivity contribution >= 4 is 28.5 Å². The third kappa shape index (κ3) is 4.57. The number of nitrogens with zero attached hydrogens (tertiary/aromatic N) is 2. The van der Waals surface area contributed by atoms with Crippen molar-refractivity contribution in [1.82, 2.24) is 15.2 Å². The molecule has 15 heavy (non-hydrogen) atoms. The van der Waals surface area contributed by atoms with E-state index in [1.165, 1.54) is 0 Å². The molecule has 1 heterocycles. The third-order valence-electron chi connectivity index (χ3n) is 1.80. The standard InChI is InChI=1S/C10H14IN3O/c1-14(2)6-5-12-10(15)9-4-3-8(11)7-13-9/h3-4,7H,5-6H2,1-2H3,(H,12,15)/i11+4. The Morgan fingerprint density at radius 3 is 2.80 bits per heavy atom. The molecule has 4 nitrogen and oxygen atoms in total. The van der Waals surface area contributed by atoms with Crippen LogP contribution in [0.1, 0.15) is 10.5 Å². The van der Waals surface area contributed by atoms with Crippen LogP contribution in [0.4, 0.5) is 0 Å². The molecule has 1 aromatic heterocycles. The Balaban J connectivity index is 2.43. The van der Waals surface area contributed by atoms with Gasteiger partial charge in [-0.15, -0.1) is 0 Å². The first-order valence-electron chi connectivity index (χ1n) is 4.64. The van der Waals surface area contributed by atoms with Gasteiger partial charge in [0.15, 0.2) is 0 Å². The fourth-order valence-corrected chi connectivity index (χ4v) is 1.31. The Morgan fingerprint density at radius 1 is 1.53 bits per heavy atom. The lowest BCUT2D eigenvalue weighted by Gasteiger charge is -2.09. The first kappa shape index (κ1) is 12.4. The fourth-order valence-electron chi connectivity index (χ4n) is 0.994. The smallest absolute Gasteiger partial charge is 0.269 e. The fraction of sp³-hybridized carbons (Fsp3) is 0.400. The molecule has 0 spiro atoms. The maximum atomic E-state index is 11.5. The second kappa shape index (κ2) is 6.02. The minimum absolute atomic E-state index is 0.117. The van der Waals surface area contributed by atoms with Crippen molar-refractivity contribution in [2.45, 2.75) is 0 Å². The summed E-state index contributed by atoms with van der Waals surface area (Å²) in [4.78, 5) is 17.6. The molecule has 0 unspecified atom stereocenters. The third-order valence-corrected chi connectivity index (χ3v) is 2.44. The highest BCUT2D eigenvalue weighted by molar-refractivity contribution is 14.1. The molecule has 82 valence electrons. The van der Waals surface area contributed by atoms with Gasteiger partial charge in [0.05, 0.1) is 0 Å². The topological polar surface area (TPSA) is 45.2 Å². The Kier molecular flexibility index (Phi) is 4.97. The van der Waals surface area contributed by atoms with Gasteiger partial charge < -0.3 is 10.2 Å². The highest BCUT2D eigenvalue weighted by Gasteiger charge is 2.05. The van der Waals surface area contributed by atoms with E-state index in [9.17, 15) is 4.79 Å². The first-order valence-corrected chi connectivity index (χ1v) is 5.72. The Hall–Kier alpha value is -0.690. The molecule has 0 bridgehead atoms. The van der Waals surface area contributed by atoms with Gasteiger partial charge in [0.1, 0.15) is 5.69 Å². The van der Waals surface area contributed by atoms with Gasteiger partial charge in [-0.05, 0) is 48.8 Å². The first-order chi connectivity index (χ1) is 7.09. The van der Waals surface area contributed by atoms with Gasteiger partial charge >= 0.3 is 0 Å². The molecule has 0 aromatic carbocycles. The van der Waals surface area contributed by atoms with Crippen LogP contribution in [0.2, 0.25) is 0 Å². The van der Waals surface area contributed by atoms with E-state index < -0.39 is 0 Å². The highest BCUT2D eigenvalue weighted by Crippen LogP contribution is 2.02. The summed E-state index contributed by atoms with van der Waals surface area (Å²) in [5.41, 5.74) is 0.467. The molecule has 0 atom stereocenters. The summed E-state index contributed by atoms with van der Waals surface area (Å²) in [6.45, 7) is 1.47. The second-order valence-electron chi connectivity index (χ2n) is 3.42. The molecular formula is C10H14IN3O. The van der Waals surface area contributed by atoms with Crippen molar-refractivity contribution in [2.24, 2.45) is 0 Å². The zero-order valence-electron chi connectivity index (χ0n) is 8.83. The van der Waals surface area contributed by atoms with Crippen LogP contribution in [0.15, 0.2) is 18.3 Å². The Bertz CT molecular complexity index is 324. The number of likely N-dealkylation sites (N-methyl/N-ethyl adjacent to an activating group) is 1. The minimum atomic E-state index is -0.117. The molecule has 0 saturated carbocycles. The van der Waals surface area contributed by atoms with E-state index in [0.29, 0.717) is 12.2 Å². The maximum absolute atomic E-state index is 11.5. The van der Waals surface area contributed by atoms with Gasteiger partial charge in [-0.1, -0.05) is 0 Å². The normalized spacial score (nSPS) is 10.4. The molecule has 0 aliphatic heterocycles. The van der Waals surface area contributed by atoms with Gasteiger partial charge in [0.25, 0.3) is 5.91 Å². The lowest BCUT2D eigenvalue weighted by molar-refractivity contribution is 0.0946. The summed E-state index contributed by atoms with van der Waals surface area (Å²) in [6.07, 6.45) is 1.68. The lowest BCUT2D eigenvalue weighted by Crippen LogP contribution is -2.31. The summed E-state index contributed by atoms with van der Waals surface area (Å²) in [7, 11) is 3.94. The number of pyridine rings is 1. The predicted molar refractivity (Wildman–Crippen MR) is 67.8 cm³/mol. The van der Waals surface area contributed by atoms with Gasteiger partial charge in [0.2, 0.25) is 0 Å². The van der Waals surface area contributed by atoms with E-state index in [1.807, 2.05) is 25.1 Å². The summed E-state index contributed by atoms with van der Waals surface area (Å²) >= 11 is 2.16. The van der Waals surface area contributed by atoms with Crippen LogP contribution >= 0.6 is 22.6 Å². The van der Waals surface area contributed by atoms with Gasteiger partial charge in [0, 0.05) is 22.9 Å². The largest absolute Gasteiger partial charge is 0.349 e. The maximum Gasteiger partial charge on any atom is 0.269 e. The molecule has 1 amide bonds. The Labute approximate surface area is 103 Å². The summed E-state index contributed by atoms with van der Waals surface area (Å²) in [6, 6.07) is 3.60. The monoisotopic (exact) mass is 323 g/mol. The summed E-state index contributed by atoms with van der Waals surface area (Å²) in [5.74, 6) is -0.117. The van der Waals surface area contributed by atoms with E-state index in [4.69, 9.17) is 0 Å². The van der Waals surface area contributed by atoms with Crippen LogP contribution in [0.25, 0.3) is 0 Å². The molecule has 0 aliphatic rings. The van der Waals surface area contributed by atoms with E-state index in [1.54, 1.807) is 12.3 Å². The van der Waals surface area contributed by atoms with Crippen molar-refractivity contribution in [3.05, 3.63) is 27.6 Å². The average molecular weight is 323 g/mol. The van der Waals surface area contributed by atoms with E-state index in [0.717, 1.165) is 10.1 Å². The molecule has 1 N–H and O–H groups in total. The van der Waals surface area contributed by atoms with Gasteiger partial charge in [-0.2, -0.15) is 0 Å². The zero-order chi connectivity index (χ0) is 11.3. The van der Waals surface area contributed by atoms with Gasteiger partial charge in [-0.3, -0.25) is 4.79 Å². The van der Waals surface area contributed by atoms with E-state index in [2.05, 4.69) is 32.9 Å². The number of rotatable bonds is 4. The molecule has 0 fully saturated rings. The van der Waals surface area contributed by atoms with Crippen LogP contribution < -0.4 is 5.32 Å². The number of hydrogen-bond acceptors (Lipinski definition) is 3. The van der Waals surface area contributed by atoms with Crippen molar-refractivity contribution < 1.29 is 4.79 Å². The van der Waals surface area contributed by atoms with Crippen molar-refractivity contribution in [3.8, 4) is 0 Å². The van der Waals surface area contributed by atoms with Crippen molar-refractivity contribution in [2.75, 3.05) is 27.2 Å². The van der Waals surface area contributed by atoms with Crippen LogP contribution in [-0.4, -0.2) is 43.0 Å². The summed E-state index contributed by atoms with van der Waals surface area (Å²) in [5, 5.41) is 2.80. The number of halogens is 1. The number of carbonyl (C=O) groups is 1. The number of hydrogen-bond donors (Lipinski definition) is 1. The molecule has 1 rings (SSSR count). The predicted octanol–water partition coefficient (Wildman–Crippen LogP) is 0.978. The minimum Gasteiger partial charge on any atom is -0.349 e. The Morgan fingerprint density at radius 2 is 2.27 bits per heavy atom. The van der Waals surface area contributed by atoms with Gasteiger partial charge in [-0.25, -0.2) is 4.98 Å². The number of aromatic nitrogens is 1. The zero-order valence-corrected chi connectivity index (χ0v) is 11.0. The van der Waals surface area contributed by atoms with Crippen molar-refractivity contribution in [3.63, 3.8) is 0 Å². The quantitative estimate of drug-likeness (QED) is 0.840. The van der Waals surface area contributed by atoms with Crippen molar-refractivity contribution in [1.29, 1.82) is 0 Å². The average Bonchev–Trinajstić information content (AvgIpc) is 2.18. The van der Waals surface area contributed by atoms with Crippen LogP contribution in [0, 0.1) is 3.57 Å². The molecule has 1 aromatic rings. The van der Waals surface area contributed by atoms with Crippen LogP contribution in [0.3, 0.4) is 0 Å². The highest BCUT2D eigenvalue weighted by atomic mass is 131.